The molecule has 1 amide bonds. The number of nitrogens with zero attached hydrogens (tertiary/aromatic N) is 1. The quantitative estimate of drug-likeness (QED) is 0.830. The van der Waals surface area contributed by atoms with Crippen molar-refractivity contribution >= 4 is 29.3 Å². The van der Waals surface area contributed by atoms with E-state index in [9.17, 15) is 14.7 Å². The third-order valence-electron chi connectivity index (χ3n) is 3.74. The zero-order valence-electron chi connectivity index (χ0n) is 14.1. The molecule has 1 aromatic heterocycles. The lowest BCUT2D eigenvalue weighted by molar-refractivity contribution is -0.113. The molecule has 2 rings (SSSR count). The van der Waals surface area contributed by atoms with E-state index in [1.807, 2.05) is 20.8 Å². The van der Waals surface area contributed by atoms with Crippen LogP contribution in [-0.4, -0.2) is 27.9 Å². The Labute approximate surface area is 144 Å². The molecule has 0 atom stereocenters. The number of carbonyl (C=O) groups excluding carboxylic acids is 1. The minimum absolute atomic E-state index is 0.171. The van der Waals surface area contributed by atoms with Crippen LogP contribution in [0.3, 0.4) is 0 Å². The Morgan fingerprint density at radius 2 is 1.92 bits per heavy atom. The van der Waals surface area contributed by atoms with Crippen molar-refractivity contribution in [3.8, 4) is 0 Å². The molecule has 128 valence electrons. The molecule has 7 heteroatoms. The van der Waals surface area contributed by atoms with Crippen molar-refractivity contribution in [2.45, 2.75) is 33.4 Å². The van der Waals surface area contributed by atoms with Crippen LogP contribution in [0.4, 0.5) is 5.69 Å². The maximum absolute atomic E-state index is 12.1. The first-order valence-corrected chi connectivity index (χ1v) is 8.59. The highest BCUT2D eigenvalue weighted by molar-refractivity contribution is 7.99. The Morgan fingerprint density at radius 1 is 1.21 bits per heavy atom. The van der Waals surface area contributed by atoms with E-state index in [1.54, 1.807) is 13.0 Å². The fourth-order valence-corrected chi connectivity index (χ4v) is 3.33. The van der Waals surface area contributed by atoms with E-state index in [4.69, 9.17) is 4.52 Å². The second kappa shape index (κ2) is 7.53. The zero-order chi connectivity index (χ0) is 17.9. The summed E-state index contributed by atoms with van der Waals surface area (Å²) in [6.45, 7) is 7.29. The molecule has 0 aliphatic carbocycles. The maximum Gasteiger partial charge on any atom is 0.336 e. The number of hydrogen-bond acceptors (Lipinski definition) is 5. The van der Waals surface area contributed by atoms with Gasteiger partial charge in [-0.15, -0.1) is 11.8 Å². The number of aromatic carboxylic acids is 1. The summed E-state index contributed by atoms with van der Waals surface area (Å²) in [5.41, 5.74) is 4.07. The molecule has 0 spiro atoms. The second-order valence-corrected chi connectivity index (χ2v) is 6.62. The van der Waals surface area contributed by atoms with Crippen molar-refractivity contribution in [1.82, 2.24) is 5.16 Å². The molecule has 0 aliphatic rings. The van der Waals surface area contributed by atoms with Gasteiger partial charge in [0.2, 0.25) is 5.91 Å². The fourth-order valence-electron chi connectivity index (χ4n) is 2.36. The van der Waals surface area contributed by atoms with Crippen molar-refractivity contribution in [3.63, 3.8) is 0 Å². The minimum Gasteiger partial charge on any atom is -0.478 e. The third kappa shape index (κ3) is 4.17. The Morgan fingerprint density at radius 3 is 2.50 bits per heavy atom. The van der Waals surface area contributed by atoms with E-state index in [0.29, 0.717) is 17.0 Å². The minimum atomic E-state index is -1.00. The molecule has 0 aliphatic heterocycles. The van der Waals surface area contributed by atoms with E-state index in [1.165, 1.54) is 17.8 Å². The van der Waals surface area contributed by atoms with E-state index in [0.717, 1.165) is 22.6 Å². The van der Waals surface area contributed by atoms with Gasteiger partial charge < -0.3 is 14.9 Å². The first kappa shape index (κ1) is 18.1. The largest absolute Gasteiger partial charge is 0.478 e. The summed E-state index contributed by atoms with van der Waals surface area (Å²) in [5, 5.41) is 15.8. The van der Waals surface area contributed by atoms with E-state index < -0.39 is 5.97 Å². The first-order chi connectivity index (χ1) is 11.3. The molecular formula is C17H20N2O4S. The normalized spacial score (nSPS) is 10.7. The molecule has 1 heterocycles. The van der Waals surface area contributed by atoms with Gasteiger partial charge >= 0.3 is 5.97 Å². The van der Waals surface area contributed by atoms with Crippen LogP contribution in [0.2, 0.25) is 0 Å². The number of aryl methyl sites for hydroxylation is 4. The van der Waals surface area contributed by atoms with Crippen LogP contribution in [0.5, 0.6) is 0 Å². The van der Waals surface area contributed by atoms with Crippen LogP contribution >= 0.6 is 11.8 Å². The number of carboxylic acids is 1. The zero-order valence-corrected chi connectivity index (χ0v) is 14.9. The Balaban J connectivity index is 1.97. The molecule has 24 heavy (non-hydrogen) atoms. The number of hydrogen-bond donors (Lipinski definition) is 2. The smallest absolute Gasteiger partial charge is 0.336 e. The highest BCUT2D eigenvalue weighted by Crippen LogP contribution is 2.22. The fraction of sp³-hybridized carbons (Fsp3) is 0.353. The monoisotopic (exact) mass is 348 g/mol. The summed E-state index contributed by atoms with van der Waals surface area (Å²) in [6.07, 6.45) is 0. The van der Waals surface area contributed by atoms with E-state index in [2.05, 4.69) is 10.5 Å². The summed E-state index contributed by atoms with van der Waals surface area (Å²) < 4.78 is 5.09. The molecule has 0 radical (unpaired) electrons. The number of carbonyl (C=O) groups is 2. The van der Waals surface area contributed by atoms with Gasteiger partial charge in [-0.3, -0.25) is 4.79 Å². The number of aromatic nitrogens is 1. The first-order valence-electron chi connectivity index (χ1n) is 7.43. The van der Waals surface area contributed by atoms with Crippen molar-refractivity contribution < 1.29 is 19.2 Å². The summed E-state index contributed by atoms with van der Waals surface area (Å²) in [5.74, 6) is 0.494. The van der Waals surface area contributed by atoms with Gasteiger partial charge in [0.1, 0.15) is 5.76 Å². The molecule has 0 unspecified atom stereocenters. The average Bonchev–Trinajstić information content (AvgIpc) is 2.81. The third-order valence-corrected chi connectivity index (χ3v) is 4.70. The van der Waals surface area contributed by atoms with Crippen LogP contribution in [-0.2, 0) is 10.5 Å². The lowest BCUT2D eigenvalue weighted by atomic mass is 10.0. The van der Waals surface area contributed by atoms with Crippen LogP contribution in [0, 0.1) is 27.7 Å². The average molecular weight is 348 g/mol. The molecular weight excluding hydrogens is 328 g/mol. The number of rotatable bonds is 6. The standard InChI is InChI=1S/C17H20N2O4S/c1-9-5-10(2)15(6-13(9)17(21)22)18-16(20)8-24-7-14-11(3)19-23-12(14)4/h5-6H,7-8H2,1-4H3,(H,18,20)(H,21,22). The lowest BCUT2D eigenvalue weighted by Gasteiger charge is -2.11. The highest BCUT2D eigenvalue weighted by atomic mass is 32.2. The van der Waals surface area contributed by atoms with Crippen LogP contribution in [0.25, 0.3) is 0 Å². The molecule has 0 saturated carbocycles. The summed E-state index contributed by atoms with van der Waals surface area (Å²) in [6, 6.07) is 3.26. The molecule has 2 N–H and O–H groups in total. The Bertz CT molecular complexity index is 764. The highest BCUT2D eigenvalue weighted by Gasteiger charge is 2.13. The predicted octanol–water partition coefficient (Wildman–Crippen LogP) is 3.48. The molecule has 0 fully saturated rings. The molecule has 1 aromatic carbocycles. The summed E-state index contributed by atoms with van der Waals surface area (Å²) in [4.78, 5) is 23.3. The van der Waals surface area contributed by atoms with Gasteiger partial charge in [0, 0.05) is 17.0 Å². The van der Waals surface area contributed by atoms with Crippen molar-refractivity contribution in [1.29, 1.82) is 0 Å². The van der Waals surface area contributed by atoms with Crippen LogP contribution < -0.4 is 5.32 Å². The second-order valence-electron chi connectivity index (χ2n) is 5.63. The number of carboxylic acid groups (broad SMARTS) is 1. The van der Waals surface area contributed by atoms with E-state index >= 15 is 0 Å². The van der Waals surface area contributed by atoms with Crippen LogP contribution in [0.15, 0.2) is 16.7 Å². The van der Waals surface area contributed by atoms with Gasteiger partial charge in [-0.05, 0) is 44.9 Å². The predicted molar refractivity (Wildman–Crippen MR) is 93.6 cm³/mol. The van der Waals surface area contributed by atoms with E-state index in [-0.39, 0.29) is 17.2 Å². The van der Waals surface area contributed by atoms with Gasteiger partial charge in [-0.25, -0.2) is 4.79 Å². The topological polar surface area (TPSA) is 92.4 Å². The number of nitrogens with one attached hydrogen (secondary N) is 1. The molecule has 0 bridgehead atoms. The van der Waals surface area contributed by atoms with Gasteiger partial charge in [0.15, 0.2) is 0 Å². The Hall–Kier alpha value is -2.28. The van der Waals surface area contributed by atoms with Crippen molar-refractivity contribution in [2.75, 3.05) is 11.1 Å². The molecule has 6 nitrogen and oxygen atoms in total. The number of thioether (sulfide) groups is 1. The summed E-state index contributed by atoms with van der Waals surface area (Å²) in [7, 11) is 0. The number of benzene rings is 1. The Kier molecular flexibility index (Phi) is 5.66. The van der Waals surface area contributed by atoms with Gasteiger partial charge in [-0.1, -0.05) is 11.2 Å². The van der Waals surface area contributed by atoms with Gasteiger partial charge in [-0.2, -0.15) is 0 Å². The van der Waals surface area contributed by atoms with Gasteiger partial charge in [0.25, 0.3) is 0 Å². The SMILES string of the molecule is Cc1cc(C)c(C(=O)O)cc1NC(=O)CSCc1c(C)noc1C. The number of amides is 1. The molecule has 0 saturated heterocycles. The molecule has 2 aromatic rings. The van der Waals surface area contributed by atoms with Crippen LogP contribution in [0.1, 0.15) is 38.5 Å². The summed E-state index contributed by atoms with van der Waals surface area (Å²) >= 11 is 1.46. The lowest BCUT2D eigenvalue weighted by Crippen LogP contribution is -2.16. The maximum atomic E-state index is 12.1. The number of anilines is 1. The van der Waals surface area contributed by atoms with Crippen molar-refractivity contribution in [3.05, 3.63) is 45.8 Å². The van der Waals surface area contributed by atoms with Crippen molar-refractivity contribution in [2.24, 2.45) is 0 Å². The van der Waals surface area contributed by atoms with Gasteiger partial charge in [0.05, 0.1) is 17.0 Å².